The quantitative estimate of drug-likeness (QED) is 0.517. The van der Waals surface area contributed by atoms with Gasteiger partial charge in [-0.3, -0.25) is 0 Å². The SMILES string of the molecule is CCCCC(CC)COC(=O)c1cc(Cl)nc(CC)c1. The lowest BCUT2D eigenvalue weighted by Gasteiger charge is -2.14. The number of nitrogens with zero attached hydrogens (tertiary/aromatic N) is 1. The Bertz CT molecular complexity index is 434. The second kappa shape index (κ2) is 8.96. The second-order valence-corrected chi connectivity index (χ2v) is 5.43. The van der Waals surface area contributed by atoms with Gasteiger partial charge in [-0.15, -0.1) is 0 Å². The lowest BCUT2D eigenvalue weighted by Crippen LogP contribution is -2.14. The number of hydrogen-bond donors (Lipinski definition) is 0. The van der Waals surface area contributed by atoms with E-state index in [0.29, 0.717) is 23.2 Å². The molecule has 1 unspecified atom stereocenters. The fraction of sp³-hybridized carbons (Fsp3) is 0.625. The van der Waals surface area contributed by atoms with Crippen molar-refractivity contribution in [2.45, 2.75) is 52.9 Å². The van der Waals surface area contributed by atoms with Crippen molar-refractivity contribution in [2.24, 2.45) is 5.92 Å². The molecular weight excluding hydrogens is 274 g/mol. The largest absolute Gasteiger partial charge is 0.462 e. The molecule has 0 radical (unpaired) electrons. The number of pyridine rings is 1. The van der Waals surface area contributed by atoms with Crippen molar-refractivity contribution >= 4 is 17.6 Å². The smallest absolute Gasteiger partial charge is 0.338 e. The molecule has 20 heavy (non-hydrogen) atoms. The summed E-state index contributed by atoms with van der Waals surface area (Å²) in [4.78, 5) is 16.2. The summed E-state index contributed by atoms with van der Waals surface area (Å²) in [5.41, 5.74) is 1.30. The van der Waals surface area contributed by atoms with E-state index in [4.69, 9.17) is 16.3 Å². The molecule has 0 fully saturated rings. The van der Waals surface area contributed by atoms with Gasteiger partial charge in [-0.05, 0) is 30.9 Å². The number of carbonyl (C=O) groups is 1. The van der Waals surface area contributed by atoms with Crippen LogP contribution < -0.4 is 0 Å². The van der Waals surface area contributed by atoms with Crippen molar-refractivity contribution in [1.82, 2.24) is 4.98 Å². The first-order valence-corrected chi connectivity index (χ1v) is 7.82. The molecule has 0 N–H and O–H groups in total. The molecule has 3 nitrogen and oxygen atoms in total. The Labute approximate surface area is 126 Å². The number of unbranched alkanes of at least 4 members (excludes halogenated alkanes) is 1. The van der Waals surface area contributed by atoms with Gasteiger partial charge in [0.2, 0.25) is 0 Å². The zero-order valence-corrected chi connectivity index (χ0v) is 13.4. The Hall–Kier alpha value is -1.09. The third-order valence-electron chi connectivity index (χ3n) is 3.44. The van der Waals surface area contributed by atoms with Gasteiger partial charge in [0.25, 0.3) is 0 Å². The molecule has 4 heteroatoms. The highest BCUT2D eigenvalue weighted by Gasteiger charge is 2.13. The van der Waals surface area contributed by atoms with E-state index in [2.05, 4.69) is 18.8 Å². The molecule has 0 aliphatic carbocycles. The first-order chi connectivity index (χ1) is 9.60. The second-order valence-electron chi connectivity index (χ2n) is 5.04. The molecule has 0 saturated heterocycles. The Balaban J connectivity index is 2.59. The Morgan fingerprint density at radius 2 is 2.10 bits per heavy atom. The minimum atomic E-state index is -0.307. The number of rotatable bonds is 8. The summed E-state index contributed by atoms with van der Waals surface area (Å²) in [6.45, 7) is 6.76. The van der Waals surface area contributed by atoms with E-state index < -0.39 is 0 Å². The molecule has 1 aromatic rings. The zero-order chi connectivity index (χ0) is 15.0. The van der Waals surface area contributed by atoms with Crippen molar-refractivity contribution in [2.75, 3.05) is 6.61 Å². The van der Waals surface area contributed by atoms with Crippen molar-refractivity contribution in [3.63, 3.8) is 0 Å². The van der Waals surface area contributed by atoms with E-state index in [9.17, 15) is 4.79 Å². The maximum atomic E-state index is 12.1. The van der Waals surface area contributed by atoms with E-state index in [1.165, 1.54) is 12.8 Å². The molecule has 0 bridgehead atoms. The van der Waals surface area contributed by atoms with Crippen LogP contribution in [0, 0.1) is 5.92 Å². The van der Waals surface area contributed by atoms with Crippen molar-refractivity contribution < 1.29 is 9.53 Å². The molecule has 0 amide bonds. The molecule has 0 aliphatic rings. The lowest BCUT2D eigenvalue weighted by molar-refractivity contribution is 0.0428. The number of hydrogen-bond acceptors (Lipinski definition) is 3. The van der Waals surface area contributed by atoms with E-state index in [1.54, 1.807) is 12.1 Å². The molecule has 1 aromatic heterocycles. The summed E-state index contributed by atoms with van der Waals surface area (Å²) in [7, 11) is 0. The van der Waals surface area contributed by atoms with Crippen LogP contribution >= 0.6 is 11.6 Å². The van der Waals surface area contributed by atoms with Gasteiger partial charge >= 0.3 is 5.97 Å². The monoisotopic (exact) mass is 297 g/mol. The van der Waals surface area contributed by atoms with Crippen LogP contribution in [-0.4, -0.2) is 17.6 Å². The van der Waals surface area contributed by atoms with Gasteiger partial charge in [-0.1, -0.05) is 51.6 Å². The average Bonchev–Trinajstić information content (AvgIpc) is 2.46. The van der Waals surface area contributed by atoms with E-state index in [1.807, 2.05) is 6.92 Å². The van der Waals surface area contributed by atoms with Gasteiger partial charge < -0.3 is 4.74 Å². The van der Waals surface area contributed by atoms with Crippen LogP contribution in [0.3, 0.4) is 0 Å². The standard InChI is InChI=1S/C16H24ClNO2/c1-4-7-8-12(5-2)11-20-16(19)13-9-14(6-3)18-15(17)10-13/h9-10,12H,4-8,11H2,1-3H3. The van der Waals surface area contributed by atoms with Gasteiger partial charge in [-0.2, -0.15) is 0 Å². The summed E-state index contributed by atoms with van der Waals surface area (Å²) in [6.07, 6.45) is 5.23. The first-order valence-electron chi connectivity index (χ1n) is 7.44. The van der Waals surface area contributed by atoms with Crippen LogP contribution in [0.1, 0.15) is 62.5 Å². The van der Waals surface area contributed by atoms with E-state index in [0.717, 1.165) is 25.0 Å². The topological polar surface area (TPSA) is 39.2 Å². The minimum absolute atomic E-state index is 0.307. The van der Waals surface area contributed by atoms with Crippen LogP contribution in [0.2, 0.25) is 5.15 Å². The molecule has 0 aromatic carbocycles. The maximum absolute atomic E-state index is 12.1. The summed E-state index contributed by atoms with van der Waals surface area (Å²) in [5, 5.41) is 0.342. The summed E-state index contributed by atoms with van der Waals surface area (Å²) < 4.78 is 5.41. The zero-order valence-electron chi connectivity index (χ0n) is 12.6. The van der Waals surface area contributed by atoms with Gasteiger partial charge in [-0.25, -0.2) is 9.78 Å². The Morgan fingerprint density at radius 3 is 2.70 bits per heavy atom. The Kier molecular flexibility index (Phi) is 7.60. The van der Waals surface area contributed by atoms with Crippen LogP contribution in [-0.2, 0) is 11.2 Å². The van der Waals surface area contributed by atoms with Crippen molar-refractivity contribution in [1.29, 1.82) is 0 Å². The van der Waals surface area contributed by atoms with Crippen molar-refractivity contribution in [3.8, 4) is 0 Å². The molecule has 112 valence electrons. The van der Waals surface area contributed by atoms with Gasteiger partial charge in [0.1, 0.15) is 5.15 Å². The summed E-state index contributed by atoms with van der Waals surface area (Å²) in [5.74, 6) is 0.140. The Morgan fingerprint density at radius 1 is 1.35 bits per heavy atom. The molecular formula is C16H24ClNO2. The number of carbonyl (C=O) groups excluding carboxylic acids is 1. The highest BCUT2D eigenvalue weighted by molar-refractivity contribution is 6.29. The van der Waals surface area contributed by atoms with Gasteiger partial charge in [0, 0.05) is 5.69 Å². The first kappa shape index (κ1) is 17.0. The third-order valence-corrected chi connectivity index (χ3v) is 3.63. The molecule has 0 spiro atoms. The molecule has 0 saturated carbocycles. The number of aromatic nitrogens is 1. The highest BCUT2D eigenvalue weighted by atomic mass is 35.5. The predicted octanol–water partition coefficient (Wildman–Crippen LogP) is 4.67. The van der Waals surface area contributed by atoms with Crippen LogP contribution in [0.25, 0.3) is 0 Å². The van der Waals surface area contributed by atoms with Crippen LogP contribution in [0.4, 0.5) is 0 Å². The molecule has 0 aliphatic heterocycles. The third kappa shape index (κ3) is 5.49. The van der Waals surface area contributed by atoms with Gasteiger partial charge in [0.05, 0.1) is 12.2 Å². The molecule has 1 atom stereocenters. The predicted molar refractivity (Wildman–Crippen MR) is 82.2 cm³/mol. The van der Waals surface area contributed by atoms with Crippen molar-refractivity contribution in [3.05, 3.63) is 28.5 Å². The minimum Gasteiger partial charge on any atom is -0.462 e. The van der Waals surface area contributed by atoms with Crippen LogP contribution in [0.15, 0.2) is 12.1 Å². The normalized spacial score (nSPS) is 12.2. The number of esters is 1. The molecule has 1 rings (SSSR count). The van der Waals surface area contributed by atoms with Crippen LogP contribution in [0.5, 0.6) is 0 Å². The lowest BCUT2D eigenvalue weighted by atomic mass is 10.0. The number of aryl methyl sites for hydroxylation is 1. The highest BCUT2D eigenvalue weighted by Crippen LogP contribution is 2.16. The maximum Gasteiger partial charge on any atom is 0.338 e. The van der Waals surface area contributed by atoms with Gasteiger partial charge in [0.15, 0.2) is 0 Å². The summed E-state index contributed by atoms with van der Waals surface area (Å²) in [6, 6.07) is 3.32. The average molecular weight is 298 g/mol. The molecule has 1 heterocycles. The summed E-state index contributed by atoms with van der Waals surface area (Å²) >= 11 is 5.91. The fourth-order valence-electron chi connectivity index (χ4n) is 2.03. The number of ether oxygens (including phenoxy) is 1. The van der Waals surface area contributed by atoms with E-state index >= 15 is 0 Å². The number of halogens is 1. The van der Waals surface area contributed by atoms with E-state index in [-0.39, 0.29) is 5.97 Å². The fourth-order valence-corrected chi connectivity index (χ4v) is 2.25.